The van der Waals surface area contributed by atoms with E-state index in [0.29, 0.717) is 11.4 Å². The van der Waals surface area contributed by atoms with Gasteiger partial charge in [-0.3, -0.25) is 4.79 Å². The lowest BCUT2D eigenvalue weighted by molar-refractivity contribution is 0.0996. The van der Waals surface area contributed by atoms with Crippen molar-refractivity contribution in [2.75, 3.05) is 11.9 Å². The van der Waals surface area contributed by atoms with Crippen LogP contribution in [0.3, 0.4) is 0 Å². The van der Waals surface area contributed by atoms with E-state index in [2.05, 4.69) is 5.32 Å². The van der Waals surface area contributed by atoms with Crippen LogP contribution in [0.15, 0.2) is 71.3 Å². The Labute approximate surface area is 145 Å². The lowest BCUT2D eigenvalue weighted by Crippen LogP contribution is -2.12. The molecule has 0 fully saturated rings. The molecular weight excluding hydrogens is 318 g/mol. The first-order valence-corrected chi connectivity index (χ1v) is 7.94. The van der Waals surface area contributed by atoms with Crippen molar-refractivity contribution in [1.82, 2.24) is 0 Å². The molecule has 0 bridgehead atoms. The minimum absolute atomic E-state index is 0.124. The lowest BCUT2D eigenvalue weighted by Gasteiger charge is -2.13. The average Bonchev–Trinajstić information content (AvgIpc) is 3.15. The fraction of sp³-hybridized carbons (Fsp3) is 0.150. The van der Waals surface area contributed by atoms with E-state index < -0.39 is 6.10 Å². The van der Waals surface area contributed by atoms with Gasteiger partial charge in [-0.2, -0.15) is 0 Å². The zero-order chi connectivity index (χ0) is 17.6. The van der Waals surface area contributed by atoms with Crippen molar-refractivity contribution in [2.24, 2.45) is 0 Å². The van der Waals surface area contributed by atoms with Crippen LogP contribution < -0.4 is 10.1 Å². The molecule has 0 saturated heterocycles. The van der Waals surface area contributed by atoms with Crippen LogP contribution in [0.5, 0.6) is 5.75 Å². The first kappa shape index (κ1) is 16.8. The third kappa shape index (κ3) is 4.49. The molecule has 25 heavy (non-hydrogen) atoms. The van der Waals surface area contributed by atoms with E-state index in [1.54, 1.807) is 36.4 Å². The normalized spacial score (nSPS) is 11.8. The Kier molecular flexibility index (Phi) is 5.16. The summed E-state index contributed by atoms with van der Waals surface area (Å²) in [6, 6.07) is 17.9. The molecule has 5 nitrogen and oxygen atoms in total. The Bertz CT molecular complexity index is 825. The molecule has 0 saturated carbocycles. The summed E-state index contributed by atoms with van der Waals surface area (Å²) in [5.41, 5.74) is 2.52. The van der Waals surface area contributed by atoms with E-state index in [0.717, 1.165) is 11.1 Å². The molecule has 2 N–H and O–H groups in total. The Morgan fingerprint density at radius 2 is 1.96 bits per heavy atom. The number of benzene rings is 2. The molecule has 1 heterocycles. The maximum Gasteiger partial charge on any atom is 0.291 e. The second-order valence-electron chi connectivity index (χ2n) is 5.70. The van der Waals surface area contributed by atoms with Gasteiger partial charge >= 0.3 is 0 Å². The SMILES string of the molecule is Cc1ccc(C(O)COc2cccc(NC(=O)c3ccco3)c2)cc1. The number of aliphatic hydroxyl groups is 1. The van der Waals surface area contributed by atoms with E-state index in [4.69, 9.17) is 9.15 Å². The highest BCUT2D eigenvalue weighted by atomic mass is 16.5. The van der Waals surface area contributed by atoms with E-state index in [1.807, 2.05) is 31.2 Å². The Hall–Kier alpha value is -3.05. The van der Waals surface area contributed by atoms with Gasteiger partial charge in [-0.15, -0.1) is 0 Å². The fourth-order valence-corrected chi connectivity index (χ4v) is 2.32. The molecule has 3 aromatic rings. The molecular formula is C20H19NO4. The van der Waals surface area contributed by atoms with Gasteiger partial charge in [-0.25, -0.2) is 0 Å². The molecule has 1 unspecified atom stereocenters. The van der Waals surface area contributed by atoms with Gasteiger partial charge in [0.25, 0.3) is 5.91 Å². The summed E-state index contributed by atoms with van der Waals surface area (Å²) in [6.07, 6.45) is 0.725. The molecule has 128 valence electrons. The second kappa shape index (κ2) is 7.68. The summed E-state index contributed by atoms with van der Waals surface area (Å²) >= 11 is 0. The second-order valence-corrected chi connectivity index (χ2v) is 5.70. The first-order chi connectivity index (χ1) is 12.1. The number of carbonyl (C=O) groups excluding carboxylic acids is 1. The third-order valence-corrected chi connectivity index (χ3v) is 3.71. The van der Waals surface area contributed by atoms with E-state index >= 15 is 0 Å². The van der Waals surface area contributed by atoms with Crippen molar-refractivity contribution >= 4 is 11.6 Å². The number of hydrogen-bond acceptors (Lipinski definition) is 4. The fourth-order valence-electron chi connectivity index (χ4n) is 2.32. The highest BCUT2D eigenvalue weighted by Gasteiger charge is 2.11. The molecule has 2 aromatic carbocycles. The minimum atomic E-state index is -0.720. The third-order valence-electron chi connectivity index (χ3n) is 3.71. The lowest BCUT2D eigenvalue weighted by atomic mass is 10.1. The molecule has 0 radical (unpaired) electrons. The maximum atomic E-state index is 12.0. The molecule has 1 aromatic heterocycles. The van der Waals surface area contributed by atoms with Gasteiger partial charge in [0.2, 0.25) is 0 Å². The van der Waals surface area contributed by atoms with E-state index in [1.165, 1.54) is 6.26 Å². The molecule has 0 aliphatic heterocycles. The van der Waals surface area contributed by atoms with Gasteiger partial charge in [-0.1, -0.05) is 35.9 Å². The molecule has 0 aliphatic carbocycles. The van der Waals surface area contributed by atoms with Gasteiger partial charge in [0, 0.05) is 11.8 Å². The molecule has 0 aliphatic rings. The number of rotatable bonds is 6. The maximum absolute atomic E-state index is 12.0. The summed E-state index contributed by atoms with van der Waals surface area (Å²) in [7, 11) is 0. The summed E-state index contributed by atoms with van der Waals surface area (Å²) < 4.78 is 10.7. The van der Waals surface area contributed by atoms with Crippen molar-refractivity contribution in [3.63, 3.8) is 0 Å². The molecule has 1 amide bonds. The van der Waals surface area contributed by atoms with E-state index in [9.17, 15) is 9.90 Å². The quantitative estimate of drug-likeness (QED) is 0.714. The monoisotopic (exact) mass is 337 g/mol. The number of ether oxygens (including phenoxy) is 1. The van der Waals surface area contributed by atoms with Crippen molar-refractivity contribution in [3.05, 3.63) is 83.8 Å². The average molecular weight is 337 g/mol. The van der Waals surface area contributed by atoms with Gasteiger partial charge in [0.05, 0.1) is 6.26 Å². The predicted molar refractivity (Wildman–Crippen MR) is 94.7 cm³/mol. The Balaban J connectivity index is 1.59. The van der Waals surface area contributed by atoms with Crippen LogP contribution in [0.4, 0.5) is 5.69 Å². The van der Waals surface area contributed by atoms with Crippen molar-refractivity contribution in [1.29, 1.82) is 0 Å². The molecule has 3 rings (SSSR count). The zero-order valence-electron chi connectivity index (χ0n) is 13.8. The van der Waals surface area contributed by atoms with Gasteiger partial charge in [-0.05, 0) is 36.8 Å². The highest BCUT2D eigenvalue weighted by Crippen LogP contribution is 2.21. The zero-order valence-corrected chi connectivity index (χ0v) is 13.8. The van der Waals surface area contributed by atoms with Gasteiger partial charge in [0.1, 0.15) is 18.5 Å². The van der Waals surface area contributed by atoms with Crippen LogP contribution in [0.25, 0.3) is 0 Å². The van der Waals surface area contributed by atoms with Crippen LogP contribution in [0.1, 0.15) is 27.8 Å². The van der Waals surface area contributed by atoms with Crippen molar-refractivity contribution < 1.29 is 19.1 Å². The van der Waals surface area contributed by atoms with Crippen molar-refractivity contribution in [3.8, 4) is 5.75 Å². The number of carbonyl (C=O) groups is 1. The number of aryl methyl sites for hydroxylation is 1. The van der Waals surface area contributed by atoms with Crippen LogP contribution >= 0.6 is 0 Å². The minimum Gasteiger partial charge on any atom is -0.490 e. The number of amides is 1. The van der Waals surface area contributed by atoms with Gasteiger partial charge < -0.3 is 19.6 Å². The number of hydrogen-bond donors (Lipinski definition) is 2. The summed E-state index contributed by atoms with van der Waals surface area (Å²) in [4.78, 5) is 12.0. The standard InChI is InChI=1S/C20H19NO4/c1-14-7-9-15(10-8-14)18(22)13-25-17-5-2-4-16(12-17)21-20(23)19-6-3-11-24-19/h2-12,18,22H,13H2,1H3,(H,21,23). The Morgan fingerprint density at radius 1 is 1.16 bits per heavy atom. The van der Waals surface area contributed by atoms with Crippen LogP contribution in [-0.4, -0.2) is 17.6 Å². The summed E-state index contributed by atoms with van der Waals surface area (Å²) in [5, 5.41) is 12.9. The van der Waals surface area contributed by atoms with E-state index in [-0.39, 0.29) is 18.3 Å². The summed E-state index contributed by atoms with van der Waals surface area (Å²) in [6.45, 7) is 2.12. The largest absolute Gasteiger partial charge is 0.490 e. The van der Waals surface area contributed by atoms with Crippen LogP contribution in [0.2, 0.25) is 0 Å². The van der Waals surface area contributed by atoms with Crippen molar-refractivity contribution in [2.45, 2.75) is 13.0 Å². The molecule has 1 atom stereocenters. The highest BCUT2D eigenvalue weighted by molar-refractivity contribution is 6.02. The van der Waals surface area contributed by atoms with Crippen LogP contribution in [0, 0.1) is 6.92 Å². The predicted octanol–water partition coefficient (Wildman–Crippen LogP) is 3.95. The molecule has 0 spiro atoms. The number of nitrogens with one attached hydrogen (secondary N) is 1. The number of anilines is 1. The summed E-state index contributed by atoms with van der Waals surface area (Å²) in [5.74, 6) is 0.464. The van der Waals surface area contributed by atoms with Crippen LogP contribution in [-0.2, 0) is 0 Å². The number of furan rings is 1. The number of aliphatic hydroxyl groups excluding tert-OH is 1. The topological polar surface area (TPSA) is 71.7 Å². The first-order valence-electron chi connectivity index (χ1n) is 7.94. The Morgan fingerprint density at radius 3 is 2.68 bits per heavy atom. The molecule has 5 heteroatoms. The van der Waals surface area contributed by atoms with Gasteiger partial charge in [0.15, 0.2) is 5.76 Å². The smallest absolute Gasteiger partial charge is 0.291 e.